The van der Waals surface area contributed by atoms with Gasteiger partial charge in [0.2, 0.25) is 0 Å². The van der Waals surface area contributed by atoms with E-state index in [1.807, 2.05) is 0 Å². The fourth-order valence-electron chi connectivity index (χ4n) is 2.52. The SMILES string of the molecule is CCC(C)(C)CC(C)(C)NCN(CO)CCCN(C)C. The second-order valence-corrected chi connectivity index (χ2v) is 7.61. The highest BCUT2D eigenvalue weighted by molar-refractivity contribution is 4.84. The van der Waals surface area contributed by atoms with Crippen molar-refractivity contribution >= 4 is 0 Å². The number of hydrogen-bond donors (Lipinski definition) is 2. The normalized spacial score (nSPS) is 13.5. The summed E-state index contributed by atoms with van der Waals surface area (Å²) in [6.45, 7) is 14.2. The van der Waals surface area contributed by atoms with Gasteiger partial charge in [0.25, 0.3) is 0 Å². The van der Waals surface area contributed by atoms with Crippen LogP contribution in [-0.4, -0.2) is 61.0 Å². The molecule has 0 bridgehead atoms. The fourth-order valence-corrected chi connectivity index (χ4v) is 2.52. The van der Waals surface area contributed by atoms with Crippen molar-refractivity contribution in [3.63, 3.8) is 0 Å². The zero-order valence-electron chi connectivity index (χ0n) is 14.8. The monoisotopic (exact) mass is 287 g/mol. The van der Waals surface area contributed by atoms with Crippen molar-refractivity contribution in [1.29, 1.82) is 0 Å². The van der Waals surface area contributed by atoms with Gasteiger partial charge in [-0.3, -0.25) is 10.2 Å². The van der Waals surface area contributed by atoms with Crippen LogP contribution in [0.15, 0.2) is 0 Å². The van der Waals surface area contributed by atoms with Crippen LogP contribution in [0.1, 0.15) is 53.9 Å². The Bertz CT molecular complexity index is 252. The van der Waals surface area contributed by atoms with Gasteiger partial charge in [-0.2, -0.15) is 0 Å². The van der Waals surface area contributed by atoms with Crippen molar-refractivity contribution in [2.45, 2.75) is 59.4 Å². The summed E-state index contributed by atoms with van der Waals surface area (Å²) >= 11 is 0. The van der Waals surface area contributed by atoms with Crippen LogP contribution in [0.5, 0.6) is 0 Å². The minimum absolute atomic E-state index is 0.0917. The third-order valence-corrected chi connectivity index (χ3v) is 3.94. The van der Waals surface area contributed by atoms with Crippen molar-refractivity contribution < 1.29 is 5.11 Å². The molecule has 4 heteroatoms. The molecule has 0 heterocycles. The minimum Gasteiger partial charge on any atom is -0.381 e. The Morgan fingerprint density at radius 1 is 1.05 bits per heavy atom. The average Bonchev–Trinajstić information content (AvgIpc) is 2.32. The van der Waals surface area contributed by atoms with Gasteiger partial charge in [-0.25, -0.2) is 0 Å². The Labute approximate surface area is 126 Å². The molecule has 0 aliphatic heterocycles. The van der Waals surface area contributed by atoms with Crippen molar-refractivity contribution in [2.24, 2.45) is 5.41 Å². The second-order valence-electron chi connectivity index (χ2n) is 7.61. The number of hydrogen-bond acceptors (Lipinski definition) is 4. The first-order valence-corrected chi connectivity index (χ1v) is 7.85. The molecule has 0 aromatic carbocycles. The van der Waals surface area contributed by atoms with E-state index in [1.54, 1.807) is 0 Å². The summed E-state index contributed by atoms with van der Waals surface area (Å²) in [5, 5.41) is 13.0. The zero-order chi connectivity index (χ0) is 15.8. The Morgan fingerprint density at radius 2 is 1.65 bits per heavy atom. The summed E-state index contributed by atoms with van der Waals surface area (Å²) < 4.78 is 0. The minimum atomic E-state index is 0.0917. The maximum Gasteiger partial charge on any atom is 0.0966 e. The molecule has 0 saturated carbocycles. The molecule has 4 nitrogen and oxygen atoms in total. The maximum atomic E-state index is 9.44. The summed E-state index contributed by atoms with van der Waals surface area (Å²) in [7, 11) is 4.16. The summed E-state index contributed by atoms with van der Waals surface area (Å²) in [5.41, 5.74) is 0.444. The summed E-state index contributed by atoms with van der Waals surface area (Å²) in [6, 6.07) is 0. The zero-order valence-corrected chi connectivity index (χ0v) is 14.8. The van der Waals surface area contributed by atoms with Crippen molar-refractivity contribution in [1.82, 2.24) is 15.1 Å². The van der Waals surface area contributed by atoms with Gasteiger partial charge in [-0.1, -0.05) is 27.2 Å². The van der Waals surface area contributed by atoms with Crippen molar-refractivity contribution in [2.75, 3.05) is 40.6 Å². The lowest BCUT2D eigenvalue weighted by Gasteiger charge is -2.36. The van der Waals surface area contributed by atoms with Crippen LogP contribution in [0.3, 0.4) is 0 Å². The topological polar surface area (TPSA) is 38.7 Å². The van der Waals surface area contributed by atoms with E-state index in [-0.39, 0.29) is 12.3 Å². The first-order valence-electron chi connectivity index (χ1n) is 7.85. The number of aliphatic hydroxyl groups is 1. The fraction of sp³-hybridized carbons (Fsp3) is 1.00. The molecule has 0 saturated heterocycles. The summed E-state index contributed by atoms with van der Waals surface area (Å²) in [6.07, 6.45) is 3.40. The molecule has 0 spiro atoms. The number of nitrogens with zero attached hydrogens (tertiary/aromatic N) is 2. The molecule has 2 N–H and O–H groups in total. The molecule has 122 valence electrons. The lowest BCUT2D eigenvalue weighted by Crippen LogP contribution is -2.48. The predicted molar refractivity (Wildman–Crippen MR) is 87.7 cm³/mol. The van der Waals surface area contributed by atoms with Gasteiger partial charge in [0.1, 0.15) is 0 Å². The van der Waals surface area contributed by atoms with Gasteiger partial charge in [0, 0.05) is 12.1 Å². The van der Waals surface area contributed by atoms with E-state index < -0.39 is 0 Å². The number of aliphatic hydroxyl groups excluding tert-OH is 1. The van der Waals surface area contributed by atoms with Crippen LogP contribution in [0.2, 0.25) is 0 Å². The first kappa shape index (κ1) is 19.8. The number of rotatable bonds is 11. The molecular weight excluding hydrogens is 250 g/mol. The average molecular weight is 287 g/mol. The molecule has 0 aliphatic carbocycles. The van der Waals surface area contributed by atoms with Crippen LogP contribution in [-0.2, 0) is 0 Å². The van der Waals surface area contributed by atoms with E-state index in [2.05, 4.69) is 63.8 Å². The largest absolute Gasteiger partial charge is 0.381 e. The van der Waals surface area contributed by atoms with Gasteiger partial charge >= 0.3 is 0 Å². The van der Waals surface area contributed by atoms with E-state index in [4.69, 9.17) is 0 Å². The van der Waals surface area contributed by atoms with Gasteiger partial charge in [0.15, 0.2) is 0 Å². The third-order valence-electron chi connectivity index (χ3n) is 3.94. The van der Waals surface area contributed by atoms with Crippen LogP contribution in [0.4, 0.5) is 0 Å². The van der Waals surface area contributed by atoms with Crippen LogP contribution < -0.4 is 5.32 Å². The molecule has 0 rings (SSSR count). The van der Waals surface area contributed by atoms with Crippen molar-refractivity contribution in [3.05, 3.63) is 0 Å². The van der Waals surface area contributed by atoms with E-state index in [0.717, 1.165) is 32.6 Å². The van der Waals surface area contributed by atoms with Gasteiger partial charge in [-0.15, -0.1) is 0 Å². The highest BCUT2D eigenvalue weighted by Gasteiger charge is 2.27. The van der Waals surface area contributed by atoms with Crippen LogP contribution in [0, 0.1) is 5.41 Å². The first-order chi connectivity index (χ1) is 9.12. The lowest BCUT2D eigenvalue weighted by molar-refractivity contribution is 0.0799. The molecule has 20 heavy (non-hydrogen) atoms. The Morgan fingerprint density at radius 3 is 2.10 bits per heavy atom. The quantitative estimate of drug-likeness (QED) is 0.572. The van der Waals surface area contributed by atoms with E-state index in [9.17, 15) is 5.11 Å². The molecule has 0 aromatic rings. The molecule has 0 unspecified atom stereocenters. The van der Waals surface area contributed by atoms with E-state index >= 15 is 0 Å². The standard InChI is InChI=1S/C16H37N3O/c1-8-15(2,3)12-16(4,5)17-13-19(14-20)11-9-10-18(6)7/h17,20H,8-14H2,1-7H3. The van der Waals surface area contributed by atoms with Gasteiger partial charge < -0.3 is 10.0 Å². The highest BCUT2D eigenvalue weighted by Crippen LogP contribution is 2.30. The lowest BCUT2D eigenvalue weighted by atomic mass is 9.78. The second kappa shape index (κ2) is 8.98. The Kier molecular flexibility index (Phi) is 8.91. The molecule has 0 aliphatic rings. The van der Waals surface area contributed by atoms with E-state index in [0.29, 0.717) is 5.41 Å². The molecule has 0 radical (unpaired) electrons. The maximum absolute atomic E-state index is 9.44. The molecule has 0 amide bonds. The number of nitrogens with one attached hydrogen (secondary N) is 1. The molecule has 0 atom stereocenters. The Balaban J connectivity index is 4.13. The van der Waals surface area contributed by atoms with E-state index in [1.165, 1.54) is 6.42 Å². The van der Waals surface area contributed by atoms with Crippen LogP contribution >= 0.6 is 0 Å². The van der Waals surface area contributed by atoms with Gasteiger partial charge in [-0.05, 0) is 52.7 Å². The summed E-state index contributed by atoms with van der Waals surface area (Å²) in [4.78, 5) is 4.24. The summed E-state index contributed by atoms with van der Waals surface area (Å²) in [5.74, 6) is 0. The van der Waals surface area contributed by atoms with Crippen molar-refractivity contribution in [3.8, 4) is 0 Å². The third kappa shape index (κ3) is 9.70. The Hall–Kier alpha value is -0.160. The highest BCUT2D eigenvalue weighted by atomic mass is 16.3. The smallest absolute Gasteiger partial charge is 0.0966 e. The predicted octanol–water partition coefficient (Wildman–Crippen LogP) is 2.34. The van der Waals surface area contributed by atoms with Crippen LogP contribution in [0.25, 0.3) is 0 Å². The molecule has 0 aromatic heterocycles. The molecule has 0 fully saturated rings. The van der Waals surface area contributed by atoms with Gasteiger partial charge in [0.05, 0.1) is 13.4 Å². The molecular formula is C16H37N3O.